The van der Waals surface area contributed by atoms with Gasteiger partial charge in [-0.2, -0.15) is 0 Å². The summed E-state index contributed by atoms with van der Waals surface area (Å²) < 4.78 is 0. The van der Waals surface area contributed by atoms with E-state index in [1.54, 1.807) is 23.9 Å². The molecule has 1 N–H and O–H groups in total. The zero-order chi connectivity index (χ0) is 16.7. The van der Waals surface area contributed by atoms with Gasteiger partial charge in [0.05, 0.1) is 15.6 Å². The predicted molar refractivity (Wildman–Crippen MR) is 104 cm³/mol. The van der Waals surface area contributed by atoms with E-state index < -0.39 is 0 Å². The Labute approximate surface area is 157 Å². The van der Waals surface area contributed by atoms with Crippen molar-refractivity contribution >= 4 is 57.9 Å². The first kappa shape index (κ1) is 16.0. The van der Waals surface area contributed by atoms with Crippen LogP contribution in [0.25, 0.3) is 10.4 Å². The number of para-hydroxylation sites is 1. The largest absolute Gasteiger partial charge is 0.320 e. The molecule has 2 aromatic carbocycles. The number of benzene rings is 2. The fourth-order valence-electron chi connectivity index (χ4n) is 2.58. The van der Waals surface area contributed by atoms with Crippen molar-refractivity contribution in [2.75, 3.05) is 5.32 Å². The normalized spacial score (nSPS) is 12.4. The molecule has 24 heavy (non-hydrogen) atoms. The second-order valence-electron chi connectivity index (χ2n) is 5.33. The highest BCUT2D eigenvalue weighted by molar-refractivity contribution is 7.98. The molecule has 1 aliphatic heterocycles. The van der Waals surface area contributed by atoms with Crippen LogP contribution in [0, 0.1) is 0 Å². The number of carbonyl (C=O) groups is 1. The van der Waals surface area contributed by atoms with E-state index in [-0.39, 0.29) is 5.91 Å². The van der Waals surface area contributed by atoms with Crippen molar-refractivity contribution in [1.29, 1.82) is 0 Å². The van der Waals surface area contributed by atoms with Crippen molar-refractivity contribution in [3.8, 4) is 10.4 Å². The second kappa shape index (κ2) is 6.45. The van der Waals surface area contributed by atoms with Crippen LogP contribution in [0.5, 0.6) is 0 Å². The Balaban J connectivity index is 1.66. The molecule has 0 saturated heterocycles. The molecule has 1 amide bonds. The highest BCUT2D eigenvalue weighted by atomic mass is 35.5. The molecule has 0 bridgehead atoms. The number of nitrogens with one attached hydrogen (secondary N) is 1. The zero-order valence-electron chi connectivity index (χ0n) is 12.3. The van der Waals surface area contributed by atoms with Crippen LogP contribution in [0.4, 0.5) is 5.69 Å². The smallest absolute Gasteiger partial charge is 0.265 e. The van der Waals surface area contributed by atoms with Crippen molar-refractivity contribution in [2.45, 2.75) is 10.6 Å². The number of thioether (sulfide) groups is 1. The predicted octanol–water partition coefficient (Wildman–Crippen LogP) is 6.58. The molecule has 2 nitrogen and oxygen atoms in total. The molecule has 4 rings (SSSR count). The number of thiophene rings is 1. The van der Waals surface area contributed by atoms with Gasteiger partial charge in [0.15, 0.2) is 0 Å². The molecule has 0 saturated carbocycles. The monoisotopic (exact) mass is 391 g/mol. The first-order chi connectivity index (χ1) is 11.6. The molecule has 0 aliphatic carbocycles. The van der Waals surface area contributed by atoms with Crippen LogP contribution in [0.3, 0.4) is 0 Å². The highest BCUT2D eigenvalue weighted by Gasteiger charge is 2.22. The van der Waals surface area contributed by atoms with Crippen LogP contribution in [-0.4, -0.2) is 5.91 Å². The highest BCUT2D eigenvalue weighted by Crippen LogP contribution is 2.46. The molecule has 0 unspecified atom stereocenters. The number of hydrogen-bond donors (Lipinski definition) is 1. The molecule has 1 aromatic heterocycles. The van der Waals surface area contributed by atoms with Gasteiger partial charge in [0.25, 0.3) is 5.91 Å². The lowest BCUT2D eigenvalue weighted by atomic mass is 10.1. The van der Waals surface area contributed by atoms with E-state index in [1.165, 1.54) is 16.9 Å². The third-order valence-electron chi connectivity index (χ3n) is 3.73. The van der Waals surface area contributed by atoms with Gasteiger partial charge in [0, 0.05) is 26.1 Å². The van der Waals surface area contributed by atoms with Crippen LogP contribution < -0.4 is 5.32 Å². The number of fused-ring (bicyclic) bond motifs is 3. The van der Waals surface area contributed by atoms with E-state index in [2.05, 4.69) is 5.32 Å². The number of halogens is 2. The van der Waals surface area contributed by atoms with Gasteiger partial charge in [-0.1, -0.05) is 41.4 Å². The number of hydrogen-bond acceptors (Lipinski definition) is 3. The van der Waals surface area contributed by atoms with Crippen molar-refractivity contribution in [1.82, 2.24) is 0 Å². The maximum Gasteiger partial charge on any atom is 0.265 e. The van der Waals surface area contributed by atoms with E-state index in [1.807, 2.05) is 36.4 Å². The summed E-state index contributed by atoms with van der Waals surface area (Å²) in [6, 6.07) is 15.1. The Morgan fingerprint density at radius 1 is 1.08 bits per heavy atom. The lowest BCUT2D eigenvalue weighted by molar-refractivity contribution is 0.103. The standard InChI is InChI=1S/C18H11Cl2NOS2/c19-11-5-6-12-15(8-11)23-9-10-7-16(24-17(10)12)18(22)21-14-4-2-1-3-13(14)20/h1-8H,9H2,(H,21,22). The summed E-state index contributed by atoms with van der Waals surface area (Å²) in [6.45, 7) is 0. The van der Waals surface area contributed by atoms with E-state index in [0.29, 0.717) is 15.6 Å². The molecular formula is C18H11Cl2NOS2. The average molecular weight is 392 g/mol. The van der Waals surface area contributed by atoms with Crippen molar-refractivity contribution in [2.24, 2.45) is 0 Å². The molecule has 0 radical (unpaired) electrons. The van der Waals surface area contributed by atoms with Gasteiger partial charge in [-0.3, -0.25) is 4.79 Å². The summed E-state index contributed by atoms with van der Waals surface area (Å²) in [5.41, 5.74) is 2.95. The molecule has 120 valence electrons. The quantitative estimate of drug-likeness (QED) is 0.534. The van der Waals surface area contributed by atoms with Gasteiger partial charge in [-0.15, -0.1) is 23.1 Å². The SMILES string of the molecule is O=C(Nc1ccccc1Cl)c1cc2c(s1)-c1ccc(Cl)cc1SC2. The summed E-state index contributed by atoms with van der Waals surface area (Å²) in [4.78, 5) is 15.6. The third-order valence-corrected chi connectivity index (χ3v) is 6.60. The summed E-state index contributed by atoms with van der Waals surface area (Å²) >= 11 is 15.4. The molecular weight excluding hydrogens is 381 g/mol. The van der Waals surface area contributed by atoms with Gasteiger partial charge < -0.3 is 5.32 Å². The van der Waals surface area contributed by atoms with Crippen LogP contribution in [0.1, 0.15) is 15.2 Å². The minimum atomic E-state index is -0.136. The lowest BCUT2D eigenvalue weighted by Gasteiger charge is -2.15. The number of amides is 1. The topological polar surface area (TPSA) is 29.1 Å². The minimum absolute atomic E-state index is 0.136. The molecule has 6 heteroatoms. The van der Waals surface area contributed by atoms with Crippen LogP contribution in [0.15, 0.2) is 53.4 Å². The van der Waals surface area contributed by atoms with E-state index in [0.717, 1.165) is 26.1 Å². The van der Waals surface area contributed by atoms with Crippen molar-refractivity contribution < 1.29 is 4.79 Å². The summed E-state index contributed by atoms with van der Waals surface area (Å²) in [5, 5.41) is 4.14. The number of carbonyl (C=O) groups excluding carboxylic acids is 1. The van der Waals surface area contributed by atoms with E-state index in [4.69, 9.17) is 23.2 Å². The minimum Gasteiger partial charge on any atom is -0.320 e. The Morgan fingerprint density at radius 2 is 1.92 bits per heavy atom. The summed E-state index contributed by atoms with van der Waals surface area (Å²) in [7, 11) is 0. The molecule has 2 heterocycles. The Kier molecular flexibility index (Phi) is 4.31. The van der Waals surface area contributed by atoms with Crippen LogP contribution in [-0.2, 0) is 5.75 Å². The molecule has 0 spiro atoms. The Hall–Kier alpha value is -1.46. The van der Waals surface area contributed by atoms with Crippen molar-refractivity contribution in [3.05, 3.63) is 69.0 Å². The van der Waals surface area contributed by atoms with Gasteiger partial charge in [-0.25, -0.2) is 0 Å². The van der Waals surface area contributed by atoms with E-state index >= 15 is 0 Å². The van der Waals surface area contributed by atoms with E-state index in [9.17, 15) is 4.79 Å². The Morgan fingerprint density at radius 3 is 2.75 bits per heavy atom. The third kappa shape index (κ3) is 2.95. The van der Waals surface area contributed by atoms with Gasteiger partial charge in [0.2, 0.25) is 0 Å². The van der Waals surface area contributed by atoms with Crippen LogP contribution in [0.2, 0.25) is 10.0 Å². The lowest BCUT2D eigenvalue weighted by Crippen LogP contribution is -2.10. The van der Waals surface area contributed by atoms with Gasteiger partial charge in [0.1, 0.15) is 0 Å². The molecule has 0 fully saturated rings. The number of rotatable bonds is 2. The van der Waals surface area contributed by atoms with Crippen molar-refractivity contribution in [3.63, 3.8) is 0 Å². The molecule has 1 aliphatic rings. The number of anilines is 1. The maximum atomic E-state index is 12.6. The fraction of sp³-hybridized carbons (Fsp3) is 0.0556. The summed E-state index contributed by atoms with van der Waals surface area (Å²) in [5.74, 6) is 0.710. The zero-order valence-corrected chi connectivity index (χ0v) is 15.5. The molecule has 3 aromatic rings. The van der Waals surface area contributed by atoms with Crippen LogP contribution >= 0.6 is 46.3 Å². The first-order valence-corrected chi connectivity index (χ1v) is 9.79. The summed E-state index contributed by atoms with van der Waals surface area (Å²) in [6.07, 6.45) is 0. The molecule has 0 atom stereocenters. The first-order valence-electron chi connectivity index (χ1n) is 7.23. The fourth-order valence-corrected chi connectivity index (χ4v) is 5.35. The van der Waals surface area contributed by atoms with Gasteiger partial charge in [-0.05, 0) is 35.9 Å². The Bertz CT molecular complexity index is 952. The van der Waals surface area contributed by atoms with Gasteiger partial charge >= 0.3 is 0 Å². The maximum absolute atomic E-state index is 12.6. The second-order valence-corrected chi connectivity index (χ2v) is 8.24. The average Bonchev–Trinajstić information content (AvgIpc) is 3.01.